The lowest BCUT2D eigenvalue weighted by Gasteiger charge is -2.19. The molecule has 0 N–H and O–H groups in total. The molecule has 41 heavy (non-hydrogen) atoms. The third-order valence-electron chi connectivity index (χ3n) is 8.04. The number of fused-ring (bicyclic) bond motifs is 3. The van der Waals surface area contributed by atoms with Crippen molar-refractivity contribution in [1.29, 1.82) is 0 Å². The first-order valence-corrected chi connectivity index (χ1v) is 14.2. The highest BCUT2D eigenvalue weighted by atomic mass is 15.0. The van der Waals surface area contributed by atoms with E-state index in [1.54, 1.807) is 0 Å². The Morgan fingerprint density at radius 1 is 0.488 bits per heavy atom. The summed E-state index contributed by atoms with van der Waals surface area (Å²) >= 11 is 0. The molecule has 0 fully saturated rings. The van der Waals surface area contributed by atoms with E-state index in [1.165, 1.54) is 38.7 Å². The van der Waals surface area contributed by atoms with E-state index in [4.69, 9.17) is 4.98 Å². The lowest BCUT2D eigenvalue weighted by molar-refractivity contribution is 0.590. The number of para-hydroxylation sites is 1. The van der Waals surface area contributed by atoms with Gasteiger partial charge in [0.2, 0.25) is 0 Å². The number of pyridine rings is 1. The molecule has 0 unspecified atom stereocenters. The second-order valence-electron chi connectivity index (χ2n) is 11.8. The summed E-state index contributed by atoms with van der Waals surface area (Å²) < 4.78 is 2.37. The molecule has 2 nitrogen and oxygen atoms in total. The molecular weight excluding hydrogens is 496 g/mol. The average Bonchev–Trinajstić information content (AvgIpc) is 3.34. The molecule has 2 aromatic heterocycles. The number of hydrogen-bond acceptors (Lipinski definition) is 1. The van der Waals surface area contributed by atoms with Crippen LogP contribution in [0, 0.1) is 0 Å². The van der Waals surface area contributed by atoms with E-state index in [0.29, 0.717) is 0 Å². The zero-order valence-electron chi connectivity index (χ0n) is 23.7. The van der Waals surface area contributed by atoms with E-state index >= 15 is 0 Å². The number of benzene rings is 5. The standard InChI is InChI=1S/C39H32N2/c1-39(2,3)32-21-18-29(19-22-32)28-14-16-30(17-15-28)36-25-38-35(26-40-36)34-23-20-31(27-10-6-4-7-11-27)24-37(34)41(38)33-12-8-5-9-13-33/h4-26H,1-3H3. The third kappa shape index (κ3) is 4.62. The van der Waals surface area contributed by atoms with Crippen molar-refractivity contribution in [2.45, 2.75) is 26.2 Å². The first-order valence-electron chi connectivity index (χ1n) is 14.2. The van der Waals surface area contributed by atoms with Crippen LogP contribution in [-0.2, 0) is 5.41 Å². The summed E-state index contributed by atoms with van der Waals surface area (Å²) in [6, 6.07) is 47.9. The summed E-state index contributed by atoms with van der Waals surface area (Å²) in [5.41, 5.74) is 11.9. The highest BCUT2D eigenvalue weighted by Gasteiger charge is 2.16. The molecule has 0 aliphatic carbocycles. The molecule has 0 aliphatic rings. The maximum atomic E-state index is 4.94. The minimum absolute atomic E-state index is 0.151. The molecule has 198 valence electrons. The molecule has 0 amide bonds. The summed E-state index contributed by atoms with van der Waals surface area (Å²) in [6.07, 6.45) is 2.04. The third-order valence-corrected chi connectivity index (χ3v) is 8.04. The van der Waals surface area contributed by atoms with Gasteiger partial charge in [-0.05, 0) is 57.5 Å². The molecule has 0 atom stereocenters. The molecule has 7 aromatic rings. The summed E-state index contributed by atoms with van der Waals surface area (Å²) in [7, 11) is 0. The van der Waals surface area contributed by atoms with Crippen molar-refractivity contribution < 1.29 is 0 Å². The van der Waals surface area contributed by atoms with E-state index < -0.39 is 0 Å². The molecule has 0 spiro atoms. The highest BCUT2D eigenvalue weighted by molar-refractivity contribution is 6.10. The summed E-state index contributed by atoms with van der Waals surface area (Å²) in [6.45, 7) is 6.75. The van der Waals surface area contributed by atoms with Crippen LogP contribution in [0.5, 0.6) is 0 Å². The van der Waals surface area contributed by atoms with Gasteiger partial charge in [-0.25, -0.2) is 0 Å². The van der Waals surface area contributed by atoms with Crippen LogP contribution < -0.4 is 0 Å². The molecule has 0 saturated carbocycles. The zero-order valence-corrected chi connectivity index (χ0v) is 23.7. The molecule has 0 radical (unpaired) electrons. The monoisotopic (exact) mass is 528 g/mol. The quantitative estimate of drug-likeness (QED) is 0.222. The maximum absolute atomic E-state index is 4.94. The van der Waals surface area contributed by atoms with Gasteiger partial charge in [-0.3, -0.25) is 4.98 Å². The molecular formula is C39H32N2. The van der Waals surface area contributed by atoms with Crippen molar-refractivity contribution in [1.82, 2.24) is 9.55 Å². The van der Waals surface area contributed by atoms with Crippen molar-refractivity contribution in [3.63, 3.8) is 0 Å². The Morgan fingerprint density at radius 3 is 1.68 bits per heavy atom. The Balaban J connectivity index is 1.33. The van der Waals surface area contributed by atoms with Gasteiger partial charge in [0.1, 0.15) is 0 Å². The van der Waals surface area contributed by atoms with Gasteiger partial charge in [-0.1, -0.05) is 130 Å². The van der Waals surface area contributed by atoms with Crippen molar-refractivity contribution in [2.24, 2.45) is 0 Å². The van der Waals surface area contributed by atoms with Gasteiger partial charge in [0.25, 0.3) is 0 Å². The summed E-state index contributed by atoms with van der Waals surface area (Å²) in [5.74, 6) is 0. The Kier molecular flexibility index (Phi) is 6.05. The molecule has 5 aromatic carbocycles. The summed E-state index contributed by atoms with van der Waals surface area (Å²) in [4.78, 5) is 4.94. The normalized spacial score (nSPS) is 11.8. The molecule has 0 bridgehead atoms. The van der Waals surface area contributed by atoms with Gasteiger partial charge in [-0.15, -0.1) is 0 Å². The van der Waals surface area contributed by atoms with Crippen molar-refractivity contribution >= 4 is 21.8 Å². The van der Waals surface area contributed by atoms with E-state index in [-0.39, 0.29) is 5.41 Å². The van der Waals surface area contributed by atoms with Crippen LogP contribution in [-0.4, -0.2) is 9.55 Å². The molecule has 0 saturated heterocycles. The van der Waals surface area contributed by atoms with Crippen LogP contribution in [0.15, 0.2) is 140 Å². The number of nitrogens with zero attached hydrogens (tertiary/aromatic N) is 2. The van der Waals surface area contributed by atoms with Crippen LogP contribution in [0.2, 0.25) is 0 Å². The van der Waals surface area contributed by atoms with Gasteiger partial charge in [0.15, 0.2) is 0 Å². The van der Waals surface area contributed by atoms with Crippen LogP contribution in [0.25, 0.3) is 61.0 Å². The fraction of sp³-hybridized carbons (Fsp3) is 0.103. The van der Waals surface area contributed by atoms with E-state index in [9.17, 15) is 0 Å². The minimum atomic E-state index is 0.151. The minimum Gasteiger partial charge on any atom is -0.309 e. The van der Waals surface area contributed by atoms with Crippen molar-refractivity contribution in [3.05, 3.63) is 145 Å². The van der Waals surface area contributed by atoms with Gasteiger partial charge in [0.05, 0.1) is 16.7 Å². The summed E-state index contributed by atoms with van der Waals surface area (Å²) in [5, 5.41) is 2.36. The van der Waals surface area contributed by atoms with Crippen molar-refractivity contribution in [3.8, 4) is 39.2 Å². The number of aromatic nitrogens is 2. The zero-order chi connectivity index (χ0) is 28.0. The number of rotatable bonds is 4. The highest BCUT2D eigenvalue weighted by Crippen LogP contribution is 2.36. The molecule has 2 heterocycles. The second kappa shape index (κ2) is 9.91. The van der Waals surface area contributed by atoms with E-state index in [0.717, 1.165) is 27.8 Å². The number of hydrogen-bond donors (Lipinski definition) is 0. The predicted octanol–water partition coefficient (Wildman–Crippen LogP) is 10.5. The first kappa shape index (κ1) is 25.0. The Bertz CT molecular complexity index is 1970. The lowest BCUT2D eigenvalue weighted by Crippen LogP contribution is -2.10. The van der Waals surface area contributed by atoms with Crippen molar-refractivity contribution in [2.75, 3.05) is 0 Å². The van der Waals surface area contributed by atoms with Crippen LogP contribution >= 0.6 is 0 Å². The molecule has 7 rings (SSSR count). The smallest absolute Gasteiger partial charge is 0.0723 e. The average molecular weight is 529 g/mol. The Morgan fingerprint density at radius 2 is 1.02 bits per heavy atom. The molecule has 2 heteroatoms. The predicted molar refractivity (Wildman–Crippen MR) is 174 cm³/mol. The molecule has 0 aliphatic heterocycles. The topological polar surface area (TPSA) is 17.8 Å². The second-order valence-corrected chi connectivity index (χ2v) is 11.8. The Labute approximate surface area is 241 Å². The van der Waals surface area contributed by atoms with Gasteiger partial charge in [0, 0.05) is 28.2 Å². The SMILES string of the molecule is CC(C)(C)c1ccc(-c2ccc(-c3cc4c(cn3)c3ccc(-c5ccccc5)cc3n4-c3ccccc3)cc2)cc1. The lowest BCUT2D eigenvalue weighted by atomic mass is 9.86. The van der Waals surface area contributed by atoms with Gasteiger partial charge < -0.3 is 4.57 Å². The fourth-order valence-corrected chi connectivity index (χ4v) is 5.73. The van der Waals surface area contributed by atoms with Crippen LogP contribution in [0.4, 0.5) is 0 Å². The first-order chi connectivity index (χ1) is 20.0. The maximum Gasteiger partial charge on any atom is 0.0723 e. The van der Waals surface area contributed by atoms with Crippen LogP contribution in [0.3, 0.4) is 0 Å². The van der Waals surface area contributed by atoms with Gasteiger partial charge in [-0.2, -0.15) is 0 Å². The van der Waals surface area contributed by atoms with E-state index in [2.05, 4.69) is 159 Å². The fourth-order valence-electron chi connectivity index (χ4n) is 5.73. The largest absolute Gasteiger partial charge is 0.309 e. The van der Waals surface area contributed by atoms with Gasteiger partial charge >= 0.3 is 0 Å². The van der Waals surface area contributed by atoms with E-state index in [1.807, 2.05) is 6.20 Å². The Hall–Kier alpha value is -4.95. The van der Waals surface area contributed by atoms with Crippen LogP contribution in [0.1, 0.15) is 26.3 Å².